The van der Waals surface area contributed by atoms with Gasteiger partial charge >= 0.3 is 0 Å². The number of hydrogen-bond donors (Lipinski definition) is 0. The van der Waals surface area contributed by atoms with Crippen LogP contribution in [0.5, 0.6) is 0 Å². The minimum absolute atomic E-state index is 0.123. The van der Waals surface area contributed by atoms with E-state index in [1.54, 1.807) is 24.3 Å². The predicted molar refractivity (Wildman–Crippen MR) is 78.2 cm³/mol. The van der Waals surface area contributed by atoms with Crippen LogP contribution in [0.4, 0.5) is 0 Å². The van der Waals surface area contributed by atoms with E-state index in [1.807, 2.05) is 24.3 Å². The zero-order valence-corrected chi connectivity index (χ0v) is 12.0. The molecule has 0 amide bonds. The van der Waals surface area contributed by atoms with Gasteiger partial charge in [-0.2, -0.15) is 0 Å². The maximum Gasteiger partial charge on any atom is 0.163 e. The van der Waals surface area contributed by atoms with Gasteiger partial charge in [0.2, 0.25) is 0 Å². The van der Waals surface area contributed by atoms with Crippen molar-refractivity contribution in [2.45, 2.75) is 12.8 Å². The van der Waals surface area contributed by atoms with Gasteiger partial charge in [0.1, 0.15) is 0 Å². The summed E-state index contributed by atoms with van der Waals surface area (Å²) in [6.07, 6.45) is 1.24. The summed E-state index contributed by atoms with van der Waals surface area (Å²) in [6, 6.07) is 15.1. The number of ketones is 1. The topological polar surface area (TPSA) is 17.1 Å². The first-order chi connectivity index (χ1) is 8.65. The van der Waals surface area contributed by atoms with Crippen LogP contribution in [0, 0.1) is 0 Å². The highest BCUT2D eigenvalue weighted by molar-refractivity contribution is 9.10. The van der Waals surface area contributed by atoms with E-state index in [0.717, 1.165) is 16.5 Å². The van der Waals surface area contributed by atoms with Gasteiger partial charge in [-0.1, -0.05) is 51.8 Å². The van der Waals surface area contributed by atoms with Crippen LogP contribution in [-0.2, 0) is 6.42 Å². The van der Waals surface area contributed by atoms with Crippen LogP contribution in [0.1, 0.15) is 22.3 Å². The fraction of sp³-hybridized carbons (Fsp3) is 0.133. The molecule has 0 saturated heterocycles. The molecule has 0 saturated carbocycles. The molecule has 0 N–H and O–H groups in total. The van der Waals surface area contributed by atoms with Crippen molar-refractivity contribution in [1.82, 2.24) is 0 Å². The van der Waals surface area contributed by atoms with E-state index in [1.165, 1.54) is 0 Å². The van der Waals surface area contributed by atoms with Gasteiger partial charge in [0.15, 0.2) is 5.78 Å². The standard InChI is InChI=1S/C15H12BrClO/c16-13-5-1-3-11(9-13)7-8-15(18)12-4-2-6-14(17)10-12/h1-6,9-10H,7-8H2. The lowest BCUT2D eigenvalue weighted by atomic mass is 10.0. The van der Waals surface area contributed by atoms with Gasteiger partial charge < -0.3 is 0 Å². The smallest absolute Gasteiger partial charge is 0.163 e. The Balaban J connectivity index is 2.00. The molecule has 2 aromatic carbocycles. The number of benzene rings is 2. The third-order valence-corrected chi connectivity index (χ3v) is 3.40. The second kappa shape index (κ2) is 6.17. The van der Waals surface area contributed by atoms with Crippen LogP contribution in [0.3, 0.4) is 0 Å². The number of carbonyl (C=O) groups excluding carboxylic acids is 1. The van der Waals surface area contributed by atoms with Crippen molar-refractivity contribution in [3.63, 3.8) is 0 Å². The molecule has 0 aliphatic rings. The molecule has 0 aliphatic carbocycles. The lowest BCUT2D eigenvalue weighted by Gasteiger charge is -2.03. The summed E-state index contributed by atoms with van der Waals surface area (Å²) in [4.78, 5) is 12.0. The third-order valence-electron chi connectivity index (χ3n) is 2.68. The summed E-state index contributed by atoms with van der Waals surface area (Å²) in [5.74, 6) is 0.123. The molecule has 0 atom stereocenters. The average Bonchev–Trinajstić information content (AvgIpc) is 2.36. The molecule has 3 heteroatoms. The highest BCUT2D eigenvalue weighted by Gasteiger charge is 2.06. The van der Waals surface area contributed by atoms with Crippen molar-refractivity contribution in [2.24, 2.45) is 0 Å². The van der Waals surface area contributed by atoms with Crippen LogP contribution >= 0.6 is 27.5 Å². The zero-order valence-electron chi connectivity index (χ0n) is 9.70. The van der Waals surface area contributed by atoms with Crippen molar-refractivity contribution < 1.29 is 4.79 Å². The molecular formula is C15H12BrClO. The first-order valence-electron chi connectivity index (χ1n) is 5.68. The largest absolute Gasteiger partial charge is 0.294 e. The monoisotopic (exact) mass is 322 g/mol. The summed E-state index contributed by atoms with van der Waals surface area (Å²) < 4.78 is 1.04. The molecule has 0 unspecified atom stereocenters. The number of halogens is 2. The normalized spacial score (nSPS) is 10.3. The predicted octanol–water partition coefficient (Wildman–Crippen LogP) is 4.92. The Kier molecular flexibility index (Phi) is 4.56. The highest BCUT2D eigenvalue weighted by Crippen LogP contribution is 2.16. The van der Waals surface area contributed by atoms with E-state index in [0.29, 0.717) is 17.0 Å². The Morgan fingerprint density at radius 2 is 1.89 bits per heavy atom. The Bertz CT molecular complexity index is 566. The first-order valence-corrected chi connectivity index (χ1v) is 6.85. The highest BCUT2D eigenvalue weighted by atomic mass is 79.9. The van der Waals surface area contributed by atoms with Gasteiger partial charge in [0.25, 0.3) is 0 Å². The lowest BCUT2D eigenvalue weighted by molar-refractivity contribution is 0.0983. The van der Waals surface area contributed by atoms with Crippen LogP contribution in [0.15, 0.2) is 53.0 Å². The molecule has 2 aromatic rings. The minimum Gasteiger partial charge on any atom is -0.294 e. The molecule has 0 spiro atoms. The molecular weight excluding hydrogens is 312 g/mol. The van der Waals surface area contributed by atoms with Crippen LogP contribution < -0.4 is 0 Å². The zero-order chi connectivity index (χ0) is 13.0. The molecule has 1 nitrogen and oxygen atoms in total. The van der Waals surface area contributed by atoms with E-state index in [2.05, 4.69) is 15.9 Å². The van der Waals surface area contributed by atoms with Crippen LogP contribution in [-0.4, -0.2) is 5.78 Å². The van der Waals surface area contributed by atoms with E-state index in [-0.39, 0.29) is 5.78 Å². The number of rotatable bonds is 4. The van der Waals surface area contributed by atoms with Crippen molar-refractivity contribution in [2.75, 3.05) is 0 Å². The molecule has 0 bridgehead atoms. The summed E-state index contributed by atoms with van der Waals surface area (Å²) in [5.41, 5.74) is 1.83. The van der Waals surface area contributed by atoms with E-state index in [4.69, 9.17) is 11.6 Å². The Hall–Kier alpha value is -1.12. The lowest BCUT2D eigenvalue weighted by Crippen LogP contribution is -2.01. The third kappa shape index (κ3) is 3.69. The molecule has 2 rings (SSSR count). The average molecular weight is 324 g/mol. The Morgan fingerprint density at radius 3 is 2.61 bits per heavy atom. The molecule has 0 fully saturated rings. The van der Waals surface area contributed by atoms with Crippen molar-refractivity contribution >= 4 is 33.3 Å². The van der Waals surface area contributed by atoms with Gasteiger partial charge in [0, 0.05) is 21.5 Å². The molecule has 92 valence electrons. The summed E-state index contributed by atoms with van der Waals surface area (Å²) in [5, 5.41) is 0.600. The fourth-order valence-electron chi connectivity index (χ4n) is 1.76. The summed E-state index contributed by atoms with van der Waals surface area (Å²) in [7, 11) is 0. The van der Waals surface area contributed by atoms with E-state index in [9.17, 15) is 4.79 Å². The van der Waals surface area contributed by atoms with Crippen molar-refractivity contribution in [1.29, 1.82) is 0 Å². The fourth-order valence-corrected chi connectivity index (χ4v) is 2.39. The van der Waals surface area contributed by atoms with Gasteiger partial charge in [-0.05, 0) is 36.2 Å². The van der Waals surface area contributed by atoms with Gasteiger partial charge in [-0.15, -0.1) is 0 Å². The van der Waals surface area contributed by atoms with Gasteiger partial charge in [0.05, 0.1) is 0 Å². The quantitative estimate of drug-likeness (QED) is 0.730. The van der Waals surface area contributed by atoms with E-state index < -0.39 is 0 Å². The summed E-state index contributed by atoms with van der Waals surface area (Å²) >= 11 is 9.29. The first kappa shape index (κ1) is 13.3. The molecule has 18 heavy (non-hydrogen) atoms. The molecule has 0 radical (unpaired) electrons. The Labute approximate surface area is 120 Å². The number of Topliss-reactive ketones (excluding diaryl/α,β-unsaturated/α-hetero) is 1. The van der Waals surface area contributed by atoms with E-state index >= 15 is 0 Å². The molecule has 0 aromatic heterocycles. The Morgan fingerprint density at radius 1 is 1.11 bits per heavy atom. The number of aryl methyl sites for hydroxylation is 1. The number of hydrogen-bond acceptors (Lipinski definition) is 1. The second-order valence-corrected chi connectivity index (χ2v) is 5.42. The number of carbonyl (C=O) groups is 1. The molecule has 0 aliphatic heterocycles. The van der Waals surface area contributed by atoms with Crippen molar-refractivity contribution in [3.05, 3.63) is 69.2 Å². The minimum atomic E-state index is 0.123. The molecule has 0 heterocycles. The SMILES string of the molecule is O=C(CCc1cccc(Br)c1)c1cccc(Cl)c1. The maximum absolute atomic E-state index is 12.0. The summed E-state index contributed by atoms with van der Waals surface area (Å²) in [6.45, 7) is 0. The van der Waals surface area contributed by atoms with Crippen LogP contribution in [0.2, 0.25) is 5.02 Å². The second-order valence-electron chi connectivity index (χ2n) is 4.06. The maximum atomic E-state index is 12.0. The van der Waals surface area contributed by atoms with Gasteiger partial charge in [-0.3, -0.25) is 4.79 Å². The van der Waals surface area contributed by atoms with Crippen molar-refractivity contribution in [3.8, 4) is 0 Å². The van der Waals surface area contributed by atoms with Gasteiger partial charge in [-0.25, -0.2) is 0 Å². The van der Waals surface area contributed by atoms with Crippen LogP contribution in [0.25, 0.3) is 0 Å².